The topological polar surface area (TPSA) is 76.2 Å². The first-order valence-corrected chi connectivity index (χ1v) is 16.9. The van der Waals surface area contributed by atoms with Gasteiger partial charge in [0, 0.05) is 73.5 Å². The van der Waals surface area contributed by atoms with Crippen molar-refractivity contribution in [2.45, 2.75) is 92.4 Å². The van der Waals surface area contributed by atoms with Crippen LogP contribution >= 0.6 is 0 Å². The normalized spacial score (nSPS) is 12.8. The Bertz CT molecular complexity index is 1870. The van der Waals surface area contributed by atoms with Crippen LogP contribution in [0.5, 0.6) is 0 Å². The molecule has 0 fully saturated rings. The van der Waals surface area contributed by atoms with E-state index in [0.717, 1.165) is 83.2 Å². The number of aryl methyl sites for hydroxylation is 2. The van der Waals surface area contributed by atoms with Crippen molar-refractivity contribution in [3.8, 4) is 22.5 Å². The molecule has 0 amide bonds. The van der Waals surface area contributed by atoms with Gasteiger partial charge in [-0.1, -0.05) is 83.7 Å². The van der Waals surface area contributed by atoms with Crippen molar-refractivity contribution in [2.24, 2.45) is 11.8 Å². The third-order valence-electron chi connectivity index (χ3n) is 9.34. The van der Waals surface area contributed by atoms with Gasteiger partial charge in [0.25, 0.3) is 0 Å². The number of ketones is 1. The molecule has 0 spiro atoms. The molecule has 5 aromatic rings. The maximum Gasteiger partial charge on any atom is 0.162 e. The number of allylic oxidation sites excluding steroid dienone is 2. The van der Waals surface area contributed by atoms with Crippen molar-refractivity contribution < 1.29 is 34.4 Å². The van der Waals surface area contributed by atoms with E-state index in [4.69, 9.17) is 14.4 Å². The quantitative estimate of drug-likeness (QED) is 0.0960. The second-order valence-electron chi connectivity index (χ2n) is 13.3. The van der Waals surface area contributed by atoms with Crippen LogP contribution in [0.2, 0.25) is 0 Å². The predicted octanol–water partition coefficient (Wildman–Crippen LogP) is 10.8. The molecule has 249 valence electrons. The molecule has 47 heavy (non-hydrogen) atoms. The number of carbonyl (C=O) groups excluding carboxylic acids is 1. The molecule has 5 nitrogen and oxygen atoms in total. The minimum atomic E-state index is 0. The molecule has 1 aliphatic carbocycles. The van der Waals surface area contributed by atoms with Gasteiger partial charge in [-0.2, -0.15) is 0 Å². The van der Waals surface area contributed by atoms with Gasteiger partial charge in [-0.15, -0.1) is 29.1 Å². The standard InChI is InChI=1S/C28H23N2O.C13H24O2.Ir/c1-28(2,3)21-16-19(15-18-7-4-5-9-20(18)21)27-25-23(12-14-30-27)31-22-11-10-17-8-6-13-29-26(17)24(22)25;1-5-10(6-2)12(14)9-13(15)11(7-3)8-4;/h4-9,12-14,16H,10-11H2,1-3H3;9-11,14H,5-8H2,1-4H3;/q-1;;/b;12-9-;. The van der Waals surface area contributed by atoms with E-state index in [1.807, 2.05) is 52.2 Å². The van der Waals surface area contributed by atoms with Crippen molar-refractivity contribution in [1.29, 1.82) is 0 Å². The van der Waals surface area contributed by atoms with E-state index < -0.39 is 0 Å². The summed E-state index contributed by atoms with van der Waals surface area (Å²) in [5.41, 5.74) is 7.47. The molecule has 0 aliphatic heterocycles. The molecule has 0 saturated carbocycles. The van der Waals surface area contributed by atoms with Crippen LogP contribution in [-0.2, 0) is 43.2 Å². The Morgan fingerprint density at radius 3 is 2.28 bits per heavy atom. The molecule has 2 aromatic carbocycles. The third-order valence-corrected chi connectivity index (χ3v) is 9.34. The Balaban J connectivity index is 0.000000269. The van der Waals surface area contributed by atoms with Crippen LogP contribution in [0.25, 0.3) is 44.3 Å². The number of aliphatic hydroxyl groups excluding tert-OH is 1. The number of benzene rings is 2. The molecule has 0 saturated heterocycles. The summed E-state index contributed by atoms with van der Waals surface area (Å²) in [4.78, 5) is 21.3. The molecule has 1 radical (unpaired) electrons. The molecular weight excluding hydrogens is 761 g/mol. The Labute approximate surface area is 293 Å². The monoisotopic (exact) mass is 808 g/mol. The number of hydrogen-bond acceptors (Lipinski definition) is 5. The minimum Gasteiger partial charge on any atom is -0.512 e. The molecular formula is C41H47IrN2O3-. The maximum absolute atomic E-state index is 11.7. The van der Waals surface area contributed by atoms with Gasteiger partial charge < -0.3 is 9.52 Å². The van der Waals surface area contributed by atoms with Gasteiger partial charge in [-0.3, -0.25) is 14.8 Å². The number of aromatic nitrogens is 2. The largest absolute Gasteiger partial charge is 0.512 e. The first-order valence-electron chi connectivity index (χ1n) is 16.9. The number of carbonyl (C=O) groups is 1. The van der Waals surface area contributed by atoms with Crippen LogP contribution in [0.15, 0.2) is 77.2 Å². The minimum absolute atomic E-state index is 0. The summed E-state index contributed by atoms with van der Waals surface area (Å²) in [7, 11) is 0. The van der Waals surface area contributed by atoms with Gasteiger partial charge in [-0.25, -0.2) is 0 Å². The van der Waals surface area contributed by atoms with Gasteiger partial charge in [-0.05, 0) is 55.2 Å². The maximum atomic E-state index is 11.7. The predicted molar refractivity (Wildman–Crippen MR) is 189 cm³/mol. The van der Waals surface area contributed by atoms with Gasteiger partial charge >= 0.3 is 0 Å². The van der Waals surface area contributed by atoms with Crippen LogP contribution in [0, 0.1) is 17.9 Å². The van der Waals surface area contributed by atoms with Crippen molar-refractivity contribution in [2.75, 3.05) is 0 Å². The fourth-order valence-corrected chi connectivity index (χ4v) is 6.60. The molecule has 1 aliphatic rings. The van der Waals surface area contributed by atoms with E-state index in [9.17, 15) is 9.90 Å². The SMILES string of the molecule is CC(C)(C)c1cc(-c2nccc3oc4c(c23)-c2ncccc2CC4)[c-]c2ccccc12.CCC(CC)C(=O)/C=C(\O)C(CC)CC.[Ir]. The summed E-state index contributed by atoms with van der Waals surface area (Å²) in [6.07, 6.45) is 10.4. The molecule has 3 heterocycles. The number of aliphatic hydroxyl groups is 1. The second kappa shape index (κ2) is 15.5. The average Bonchev–Trinajstić information content (AvgIpc) is 3.45. The summed E-state index contributed by atoms with van der Waals surface area (Å²) in [5, 5.41) is 13.2. The van der Waals surface area contributed by atoms with E-state index in [2.05, 4.69) is 63.2 Å². The van der Waals surface area contributed by atoms with E-state index in [1.165, 1.54) is 22.6 Å². The third kappa shape index (κ3) is 7.60. The summed E-state index contributed by atoms with van der Waals surface area (Å²) in [6, 6.07) is 20.5. The zero-order valence-corrected chi connectivity index (χ0v) is 31.1. The van der Waals surface area contributed by atoms with E-state index in [-0.39, 0.29) is 48.9 Å². The van der Waals surface area contributed by atoms with E-state index >= 15 is 0 Å². The Hall–Kier alpha value is -3.60. The smallest absolute Gasteiger partial charge is 0.162 e. The zero-order chi connectivity index (χ0) is 33.0. The zero-order valence-electron chi connectivity index (χ0n) is 28.7. The van der Waals surface area contributed by atoms with Crippen molar-refractivity contribution in [1.82, 2.24) is 9.97 Å². The van der Waals surface area contributed by atoms with Crippen LogP contribution in [0.4, 0.5) is 0 Å². The van der Waals surface area contributed by atoms with Gasteiger partial charge in [0.2, 0.25) is 0 Å². The summed E-state index contributed by atoms with van der Waals surface area (Å²) in [5.74, 6) is 1.55. The molecule has 0 bridgehead atoms. The van der Waals surface area contributed by atoms with Crippen LogP contribution in [-0.4, -0.2) is 20.9 Å². The number of pyridine rings is 2. The van der Waals surface area contributed by atoms with Crippen LogP contribution < -0.4 is 0 Å². The van der Waals surface area contributed by atoms with Crippen molar-refractivity contribution in [3.05, 3.63) is 95.7 Å². The molecule has 3 aromatic heterocycles. The fraction of sp³-hybridized carbons (Fsp3) is 0.390. The summed E-state index contributed by atoms with van der Waals surface area (Å²) >= 11 is 0. The second-order valence-corrected chi connectivity index (χ2v) is 13.3. The number of fused-ring (bicyclic) bond motifs is 6. The molecule has 1 N–H and O–H groups in total. The molecule has 6 heteroatoms. The molecule has 0 atom stereocenters. The number of hydrogen-bond donors (Lipinski definition) is 1. The van der Waals surface area contributed by atoms with Crippen molar-refractivity contribution in [3.63, 3.8) is 0 Å². The van der Waals surface area contributed by atoms with Crippen LogP contribution in [0.1, 0.15) is 91.0 Å². The fourth-order valence-electron chi connectivity index (χ4n) is 6.60. The number of nitrogens with zero attached hydrogens (tertiary/aromatic N) is 2. The van der Waals surface area contributed by atoms with Gasteiger partial charge in [0.05, 0.1) is 11.5 Å². The van der Waals surface area contributed by atoms with Crippen LogP contribution in [0.3, 0.4) is 0 Å². The Morgan fingerprint density at radius 1 is 0.915 bits per heavy atom. The summed E-state index contributed by atoms with van der Waals surface area (Å²) < 4.78 is 6.30. The average molecular weight is 808 g/mol. The van der Waals surface area contributed by atoms with Gasteiger partial charge in [0.15, 0.2) is 5.78 Å². The number of furan rings is 1. The number of rotatable bonds is 8. The Kier molecular flexibility index (Phi) is 12.0. The first kappa shape index (κ1) is 36.2. The molecule has 0 unspecified atom stereocenters. The van der Waals surface area contributed by atoms with E-state index in [0.29, 0.717) is 0 Å². The van der Waals surface area contributed by atoms with Gasteiger partial charge in [0.1, 0.15) is 11.3 Å². The van der Waals surface area contributed by atoms with Crippen molar-refractivity contribution >= 4 is 27.5 Å². The molecule has 6 rings (SSSR count). The van der Waals surface area contributed by atoms with E-state index in [1.54, 1.807) is 0 Å². The first-order chi connectivity index (χ1) is 22.1. The summed E-state index contributed by atoms with van der Waals surface area (Å²) in [6.45, 7) is 14.8. The Morgan fingerprint density at radius 2 is 1.60 bits per heavy atom.